The van der Waals surface area contributed by atoms with Gasteiger partial charge in [0.15, 0.2) is 0 Å². The van der Waals surface area contributed by atoms with Crippen LogP contribution in [0.3, 0.4) is 0 Å². The van der Waals surface area contributed by atoms with Crippen LogP contribution in [0.2, 0.25) is 0 Å². The summed E-state index contributed by atoms with van der Waals surface area (Å²) in [6, 6.07) is 14.5. The molecule has 1 aliphatic rings. The van der Waals surface area contributed by atoms with Crippen LogP contribution in [0, 0.1) is 0 Å². The zero-order valence-electron chi connectivity index (χ0n) is 15.5. The van der Waals surface area contributed by atoms with E-state index in [1.54, 1.807) is 24.3 Å². The van der Waals surface area contributed by atoms with Crippen molar-refractivity contribution in [2.45, 2.75) is 19.8 Å². The molecule has 0 atom stereocenters. The van der Waals surface area contributed by atoms with Crippen LogP contribution in [0.25, 0.3) is 0 Å². The number of nitrogens with zero attached hydrogens (tertiary/aromatic N) is 1. The number of amides is 2. The third-order valence-electron chi connectivity index (χ3n) is 4.43. The Kier molecular flexibility index (Phi) is 6.30. The van der Waals surface area contributed by atoms with Crippen molar-refractivity contribution in [2.75, 3.05) is 36.9 Å². The molecule has 2 N–H and O–H groups in total. The molecule has 6 nitrogen and oxygen atoms in total. The summed E-state index contributed by atoms with van der Waals surface area (Å²) in [6.07, 6.45) is 2.14. The summed E-state index contributed by atoms with van der Waals surface area (Å²) < 4.78 is 5.39. The highest BCUT2D eigenvalue weighted by atomic mass is 16.5. The lowest BCUT2D eigenvalue weighted by Crippen LogP contribution is -2.27. The summed E-state index contributed by atoms with van der Waals surface area (Å²) in [6.45, 7) is 4.37. The topological polar surface area (TPSA) is 70.7 Å². The molecule has 1 fully saturated rings. The highest BCUT2D eigenvalue weighted by molar-refractivity contribution is 5.96. The molecule has 6 heteroatoms. The average molecular weight is 367 g/mol. The fourth-order valence-electron chi connectivity index (χ4n) is 3.02. The van der Waals surface area contributed by atoms with Gasteiger partial charge in [0.05, 0.1) is 13.2 Å². The maximum Gasteiger partial charge on any atom is 0.253 e. The second-order valence-corrected chi connectivity index (χ2v) is 6.44. The van der Waals surface area contributed by atoms with Crippen LogP contribution in [0.4, 0.5) is 11.4 Å². The summed E-state index contributed by atoms with van der Waals surface area (Å²) in [4.78, 5) is 26.3. The predicted octanol–water partition coefficient (Wildman–Crippen LogP) is 3.37. The van der Waals surface area contributed by atoms with Gasteiger partial charge in [-0.05, 0) is 68.3 Å². The van der Waals surface area contributed by atoms with Crippen molar-refractivity contribution in [3.63, 3.8) is 0 Å². The molecule has 142 valence electrons. The number of rotatable bonds is 7. The molecule has 0 spiro atoms. The van der Waals surface area contributed by atoms with Crippen molar-refractivity contribution in [2.24, 2.45) is 0 Å². The molecule has 3 rings (SSSR count). The molecule has 1 heterocycles. The minimum Gasteiger partial charge on any atom is -0.494 e. The van der Waals surface area contributed by atoms with Crippen molar-refractivity contribution in [1.29, 1.82) is 0 Å². The largest absolute Gasteiger partial charge is 0.494 e. The molecule has 2 amide bonds. The van der Waals surface area contributed by atoms with Crippen LogP contribution >= 0.6 is 0 Å². The van der Waals surface area contributed by atoms with Crippen LogP contribution in [-0.4, -0.2) is 43.0 Å². The van der Waals surface area contributed by atoms with Crippen molar-refractivity contribution in [3.05, 3.63) is 54.1 Å². The van der Waals surface area contributed by atoms with Gasteiger partial charge in [0, 0.05) is 30.0 Å². The quantitative estimate of drug-likeness (QED) is 0.787. The van der Waals surface area contributed by atoms with Gasteiger partial charge in [0.2, 0.25) is 5.91 Å². The maximum absolute atomic E-state index is 12.3. The van der Waals surface area contributed by atoms with Crippen LogP contribution in [0.1, 0.15) is 30.1 Å². The number of hydrogen-bond acceptors (Lipinski definition) is 4. The van der Waals surface area contributed by atoms with Gasteiger partial charge >= 0.3 is 0 Å². The summed E-state index contributed by atoms with van der Waals surface area (Å²) in [5.74, 6) is 0.709. The first-order valence-electron chi connectivity index (χ1n) is 9.31. The van der Waals surface area contributed by atoms with E-state index < -0.39 is 0 Å². The summed E-state index contributed by atoms with van der Waals surface area (Å²) in [5, 5.41) is 5.90. The van der Waals surface area contributed by atoms with Gasteiger partial charge < -0.3 is 20.3 Å². The number of ether oxygens (including phenoxy) is 1. The lowest BCUT2D eigenvalue weighted by atomic mass is 10.2. The van der Waals surface area contributed by atoms with Gasteiger partial charge in [0.1, 0.15) is 5.75 Å². The van der Waals surface area contributed by atoms with E-state index in [4.69, 9.17) is 4.74 Å². The first-order chi connectivity index (χ1) is 13.2. The molecule has 1 aliphatic heterocycles. The van der Waals surface area contributed by atoms with Crippen LogP contribution in [0.15, 0.2) is 48.5 Å². The van der Waals surface area contributed by atoms with E-state index in [1.165, 1.54) is 0 Å². The zero-order chi connectivity index (χ0) is 19.1. The Morgan fingerprint density at radius 2 is 1.59 bits per heavy atom. The number of carbonyl (C=O) groups excluding carboxylic acids is 2. The van der Waals surface area contributed by atoms with Crippen molar-refractivity contribution >= 4 is 23.2 Å². The monoisotopic (exact) mass is 367 g/mol. The van der Waals surface area contributed by atoms with E-state index in [1.807, 2.05) is 36.1 Å². The molecule has 0 saturated carbocycles. The molecule has 0 aliphatic carbocycles. The minimum atomic E-state index is -0.150. The normalized spacial score (nSPS) is 13.3. The second kappa shape index (κ2) is 9.07. The van der Waals surface area contributed by atoms with E-state index in [-0.39, 0.29) is 18.4 Å². The highest BCUT2D eigenvalue weighted by Crippen LogP contribution is 2.17. The maximum atomic E-state index is 12.3. The molecule has 1 saturated heterocycles. The Balaban J connectivity index is 1.48. The van der Waals surface area contributed by atoms with E-state index in [0.717, 1.165) is 37.4 Å². The van der Waals surface area contributed by atoms with E-state index >= 15 is 0 Å². The summed E-state index contributed by atoms with van der Waals surface area (Å²) >= 11 is 0. The summed E-state index contributed by atoms with van der Waals surface area (Å²) in [5.41, 5.74) is 2.18. The third kappa shape index (κ3) is 5.23. The molecule has 0 bridgehead atoms. The fourth-order valence-corrected chi connectivity index (χ4v) is 3.02. The Morgan fingerprint density at radius 1 is 0.963 bits per heavy atom. The fraction of sp³-hybridized carbons (Fsp3) is 0.333. The SMILES string of the molecule is CCOc1ccc(NCC(=O)Nc2ccc(C(=O)N3CCCC3)cc2)cc1. The standard InChI is InChI=1S/C21H25N3O3/c1-2-27-19-11-9-17(10-12-19)22-15-20(25)23-18-7-5-16(6-8-18)21(26)24-13-3-4-14-24/h5-12,22H,2-4,13-15H2,1H3,(H,23,25). The minimum absolute atomic E-state index is 0.0579. The first kappa shape index (κ1) is 18.8. The van der Waals surface area contributed by atoms with Gasteiger partial charge in [-0.25, -0.2) is 0 Å². The molecular weight excluding hydrogens is 342 g/mol. The average Bonchev–Trinajstić information content (AvgIpc) is 3.23. The van der Waals surface area contributed by atoms with Gasteiger partial charge in [-0.3, -0.25) is 9.59 Å². The van der Waals surface area contributed by atoms with Crippen molar-refractivity contribution in [3.8, 4) is 5.75 Å². The lowest BCUT2D eigenvalue weighted by molar-refractivity contribution is -0.114. The smallest absolute Gasteiger partial charge is 0.253 e. The van der Waals surface area contributed by atoms with E-state index in [2.05, 4.69) is 10.6 Å². The molecule has 0 radical (unpaired) electrons. The molecule has 0 unspecified atom stereocenters. The van der Waals surface area contributed by atoms with Gasteiger partial charge in [-0.1, -0.05) is 0 Å². The van der Waals surface area contributed by atoms with Gasteiger partial charge in [0.25, 0.3) is 5.91 Å². The lowest BCUT2D eigenvalue weighted by Gasteiger charge is -2.15. The Morgan fingerprint density at radius 3 is 2.22 bits per heavy atom. The number of hydrogen-bond donors (Lipinski definition) is 2. The summed E-state index contributed by atoms with van der Waals surface area (Å²) in [7, 11) is 0. The molecule has 27 heavy (non-hydrogen) atoms. The van der Waals surface area contributed by atoms with Crippen LogP contribution in [0.5, 0.6) is 5.75 Å². The highest BCUT2D eigenvalue weighted by Gasteiger charge is 2.19. The van der Waals surface area contributed by atoms with Crippen molar-refractivity contribution < 1.29 is 14.3 Å². The van der Waals surface area contributed by atoms with Crippen molar-refractivity contribution in [1.82, 2.24) is 4.90 Å². The Bertz CT molecular complexity index is 766. The molecule has 2 aromatic carbocycles. The Labute approximate surface area is 159 Å². The number of anilines is 2. The van der Waals surface area contributed by atoms with Crippen LogP contribution < -0.4 is 15.4 Å². The zero-order valence-corrected chi connectivity index (χ0v) is 15.5. The number of carbonyl (C=O) groups is 2. The predicted molar refractivity (Wildman–Crippen MR) is 106 cm³/mol. The molecular formula is C21H25N3O3. The Hall–Kier alpha value is -3.02. The van der Waals surface area contributed by atoms with E-state index in [9.17, 15) is 9.59 Å². The third-order valence-corrected chi connectivity index (χ3v) is 4.43. The number of benzene rings is 2. The molecule has 2 aromatic rings. The second-order valence-electron chi connectivity index (χ2n) is 6.44. The van der Waals surface area contributed by atoms with Crippen LogP contribution in [-0.2, 0) is 4.79 Å². The molecule has 0 aromatic heterocycles. The number of nitrogens with one attached hydrogen (secondary N) is 2. The van der Waals surface area contributed by atoms with Gasteiger partial charge in [-0.15, -0.1) is 0 Å². The van der Waals surface area contributed by atoms with E-state index in [0.29, 0.717) is 17.9 Å². The number of likely N-dealkylation sites (tertiary alicyclic amines) is 1. The first-order valence-corrected chi connectivity index (χ1v) is 9.31. The van der Waals surface area contributed by atoms with Gasteiger partial charge in [-0.2, -0.15) is 0 Å².